The molecule has 0 radical (unpaired) electrons. The highest BCUT2D eigenvalue weighted by Crippen LogP contribution is 2.45. The van der Waals surface area contributed by atoms with Gasteiger partial charge in [-0.2, -0.15) is 0 Å². The van der Waals surface area contributed by atoms with E-state index in [1.54, 1.807) is 0 Å². The Balaban J connectivity index is 4.49. The highest BCUT2D eigenvalue weighted by Gasteiger charge is 2.29. The van der Waals surface area contributed by atoms with Gasteiger partial charge in [0, 0.05) is 19.3 Å². The molecule has 0 aromatic heterocycles. The first-order valence-electron chi connectivity index (χ1n) is 36.8. The molecule has 0 fully saturated rings. The second kappa shape index (κ2) is 69.8. The number of allylic oxidation sites excluding steroid dienone is 20. The Hall–Kier alpha value is -4.05. The maximum Gasteiger partial charge on any atom is 0.472 e. The molecular formula is C77H132O16P2. The fourth-order valence-corrected chi connectivity index (χ4v) is 11.1. The summed E-state index contributed by atoms with van der Waals surface area (Å²) in [5.41, 5.74) is 0. The Morgan fingerprint density at radius 3 is 0.926 bits per heavy atom. The lowest BCUT2D eigenvalue weighted by atomic mass is 10.0. The van der Waals surface area contributed by atoms with Crippen molar-refractivity contribution in [2.75, 3.05) is 39.6 Å². The van der Waals surface area contributed by atoms with E-state index >= 15 is 0 Å². The van der Waals surface area contributed by atoms with Crippen LogP contribution in [-0.4, -0.2) is 95.9 Å². The largest absolute Gasteiger partial charge is 0.472 e. The highest BCUT2D eigenvalue weighted by molar-refractivity contribution is 7.47. The molecule has 16 nitrogen and oxygen atoms in total. The number of carbonyl (C=O) groups is 3. The molecule has 0 aliphatic carbocycles. The molecule has 0 amide bonds. The summed E-state index contributed by atoms with van der Waals surface area (Å²) in [6.45, 7) is 2.42. The molecule has 0 aromatic carbocycles. The summed E-state index contributed by atoms with van der Waals surface area (Å²) in [7, 11) is -9.79. The highest BCUT2D eigenvalue weighted by atomic mass is 31.2. The van der Waals surface area contributed by atoms with E-state index in [-0.39, 0.29) is 19.3 Å². The monoisotopic (exact) mass is 1370 g/mol. The maximum absolute atomic E-state index is 12.9. The number of phosphoric ester groups is 2. The summed E-state index contributed by atoms with van der Waals surface area (Å²) >= 11 is 0. The third kappa shape index (κ3) is 71.1. The van der Waals surface area contributed by atoms with E-state index in [0.29, 0.717) is 19.3 Å². The molecular weight excluding hydrogens is 1240 g/mol. The minimum Gasteiger partial charge on any atom is -0.463 e. The summed E-state index contributed by atoms with van der Waals surface area (Å²) in [5, 5.41) is 20.6. The van der Waals surface area contributed by atoms with Crippen LogP contribution in [0.5, 0.6) is 0 Å². The molecule has 0 aliphatic rings. The summed E-state index contributed by atoms with van der Waals surface area (Å²) in [6.07, 6.45) is 81.2. The van der Waals surface area contributed by atoms with Gasteiger partial charge in [0.05, 0.1) is 26.4 Å². The molecule has 0 saturated carbocycles. The molecule has 5 unspecified atom stereocenters. The van der Waals surface area contributed by atoms with Gasteiger partial charge in [0.1, 0.15) is 25.4 Å². The molecule has 546 valence electrons. The van der Waals surface area contributed by atoms with E-state index in [1.165, 1.54) is 83.5 Å². The fourth-order valence-electron chi connectivity index (χ4n) is 9.52. The van der Waals surface area contributed by atoms with E-state index in [2.05, 4.69) is 142 Å². The number of aliphatic hydroxyl groups excluding tert-OH is 2. The van der Waals surface area contributed by atoms with E-state index in [1.807, 2.05) is 0 Å². The average Bonchev–Trinajstić information content (AvgIpc) is 1.83. The zero-order valence-corrected chi connectivity index (χ0v) is 61.1. The number of rotatable bonds is 69. The van der Waals surface area contributed by atoms with Crippen molar-refractivity contribution >= 4 is 33.6 Å². The maximum atomic E-state index is 12.9. The first-order chi connectivity index (χ1) is 46.2. The average molecular weight is 1380 g/mol. The molecule has 4 N–H and O–H groups in total. The van der Waals surface area contributed by atoms with Gasteiger partial charge in [0.25, 0.3) is 0 Å². The van der Waals surface area contributed by atoms with Crippen LogP contribution in [0.15, 0.2) is 122 Å². The molecule has 0 aliphatic heterocycles. The van der Waals surface area contributed by atoms with Gasteiger partial charge in [-0.1, -0.05) is 264 Å². The van der Waals surface area contributed by atoms with Gasteiger partial charge >= 0.3 is 33.6 Å². The molecule has 18 heteroatoms. The van der Waals surface area contributed by atoms with Crippen molar-refractivity contribution in [2.45, 2.75) is 309 Å². The quantitative estimate of drug-likeness (QED) is 0.0146. The Morgan fingerprint density at radius 2 is 0.579 bits per heavy atom. The summed E-state index contributed by atoms with van der Waals surface area (Å²) < 4.78 is 60.9. The number of hydrogen-bond donors (Lipinski definition) is 4. The van der Waals surface area contributed by atoms with Gasteiger partial charge in [0.15, 0.2) is 6.10 Å². The summed E-state index contributed by atoms with van der Waals surface area (Å²) in [4.78, 5) is 58.4. The van der Waals surface area contributed by atoms with Crippen LogP contribution in [0.2, 0.25) is 0 Å². The van der Waals surface area contributed by atoms with Gasteiger partial charge < -0.3 is 34.2 Å². The molecule has 0 aromatic rings. The van der Waals surface area contributed by atoms with Crippen molar-refractivity contribution in [3.8, 4) is 0 Å². The molecule has 0 rings (SSSR count). The first kappa shape index (κ1) is 91.0. The van der Waals surface area contributed by atoms with Crippen molar-refractivity contribution in [1.82, 2.24) is 0 Å². The minimum atomic E-state index is -4.94. The Labute approximate surface area is 576 Å². The molecule has 0 spiro atoms. The number of unbranched alkanes of at least 4 members (excludes halogenated alkanes) is 26. The number of ether oxygens (including phenoxy) is 3. The molecule has 95 heavy (non-hydrogen) atoms. The van der Waals surface area contributed by atoms with E-state index < -0.39 is 91.5 Å². The second-order valence-electron chi connectivity index (χ2n) is 24.4. The van der Waals surface area contributed by atoms with Crippen LogP contribution in [0.25, 0.3) is 0 Å². The lowest BCUT2D eigenvalue weighted by Gasteiger charge is -2.21. The van der Waals surface area contributed by atoms with Crippen LogP contribution in [0.1, 0.15) is 290 Å². The predicted octanol–water partition coefficient (Wildman–Crippen LogP) is 21.0. The third-order valence-corrected chi connectivity index (χ3v) is 17.0. The van der Waals surface area contributed by atoms with Crippen LogP contribution in [-0.2, 0) is 55.8 Å². The lowest BCUT2D eigenvalue weighted by Crippen LogP contribution is -2.30. The van der Waals surface area contributed by atoms with Crippen LogP contribution in [0.4, 0.5) is 0 Å². The van der Waals surface area contributed by atoms with E-state index in [4.69, 9.17) is 32.3 Å². The second-order valence-corrected chi connectivity index (χ2v) is 27.3. The normalized spacial score (nSPS) is 14.8. The standard InChI is InChI=1S/C77H132O16P2/c1-4-7-10-13-16-19-22-25-27-29-30-31-32-33-34-35-36-37-38-39-40-42-44-46-48-51-54-57-60-63-75(80)87-66-72(78)67-89-94(83,84)90-68-73(79)69-91-95(85,86)92-71-74(93-77(82)65-62-59-56-53-50-45-24-21-18-15-12-9-6-3)70-88-76(81)64-61-58-55-52-49-47-43-41-28-26-23-20-17-14-11-8-5-2/h8,11-12,15-17,19-21,24-28,30-31,33-34,43,47,72-74,78-79H,4-7,9-10,13-14,18,22-23,29,32,35-42,44-46,48-71H2,1-3H3,(H,83,84)(H,85,86)/b11-8-,15-12-,19-16-,20-17-,24-21-,27-25-,28-26-,31-30-,34-33-,47-43-. The molecule has 0 bridgehead atoms. The third-order valence-electron chi connectivity index (χ3n) is 15.1. The lowest BCUT2D eigenvalue weighted by molar-refractivity contribution is -0.161. The number of carbonyl (C=O) groups excluding carboxylic acids is 3. The van der Waals surface area contributed by atoms with Crippen molar-refractivity contribution in [2.24, 2.45) is 0 Å². The Morgan fingerprint density at radius 1 is 0.305 bits per heavy atom. The Bertz CT molecular complexity index is 2210. The zero-order chi connectivity index (χ0) is 69.5. The van der Waals surface area contributed by atoms with Crippen molar-refractivity contribution in [3.63, 3.8) is 0 Å². The number of hydrogen-bond acceptors (Lipinski definition) is 14. The minimum absolute atomic E-state index is 0.0803. The van der Waals surface area contributed by atoms with Gasteiger partial charge in [-0.25, -0.2) is 9.13 Å². The summed E-state index contributed by atoms with van der Waals surface area (Å²) in [6, 6.07) is 0. The fraction of sp³-hybridized carbons (Fsp3) is 0.701. The van der Waals surface area contributed by atoms with Crippen LogP contribution < -0.4 is 0 Å². The van der Waals surface area contributed by atoms with Gasteiger partial charge in [0.2, 0.25) is 0 Å². The molecule has 5 atom stereocenters. The zero-order valence-electron chi connectivity index (χ0n) is 59.3. The van der Waals surface area contributed by atoms with E-state index in [9.17, 15) is 43.5 Å². The summed E-state index contributed by atoms with van der Waals surface area (Å²) in [5.74, 6) is -1.62. The number of esters is 3. The van der Waals surface area contributed by atoms with Crippen molar-refractivity contribution < 1.29 is 75.8 Å². The van der Waals surface area contributed by atoms with Crippen LogP contribution >= 0.6 is 15.6 Å². The number of aliphatic hydroxyl groups is 2. The van der Waals surface area contributed by atoms with Gasteiger partial charge in [-0.05, 0) is 128 Å². The molecule has 0 saturated heterocycles. The molecule has 0 heterocycles. The predicted molar refractivity (Wildman–Crippen MR) is 390 cm³/mol. The smallest absolute Gasteiger partial charge is 0.463 e. The SMILES string of the molecule is CC/C=C\C/C=C\C/C=C\C/C=C\CCCCCCC(=O)OCC(COP(=O)(O)OCC(O)COP(=O)(O)OCC(O)COC(=O)CCCCCCCCCCCCCCC/C=C\C/C=C\C/C=C\C/C=C\CCCCC)OC(=O)CCCCCCC/C=C\C/C=C\CCC. The Kier molecular flexibility index (Phi) is 66.9. The number of phosphoric acid groups is 2. The first-order valence-corrected chi connectivity index (χ1v) is 39.8. The van der Waals surface area contributed by atoms with E-state index in [0.717, 1.165) is 148 Å². The van der Waals surface area contributed by atoms with Crippen molar-refractivity contribution in [3.05, 3.63) is 122 Å². The van der Waals surface area contributed by atoms with Crippen LogP contribution in [0.3, 0.4) is 0 Å². The van der Waals surface area contributed by atoms with Gasteiger partial charge in [-0.15, -0.1) is 0 Å². The van der Waals surface area contributed by atoms with Crippen molar-refractivity contribution in [1.29, 1.82) is 0 Å². The van der Waals surface area contributed by atoms with Gasteiger partial charge in [-0.3, -0.25) is 32.5 Å². The topological polar surface area (TPSA) is 231 Å². The van der Waals surface area contributed by atoms with Crippen LogP contribution in [0, 0.1) is 0 Å².